The van der Waals surface area contributed by atoms with Gasteiger partial charge in [0, 0.05) is 23.8 Å². The fourth-order valence-corrected chi connectivity index (χ4v) is 5.71. The van der Waals surface area contributed by atoms with E-state index in [1.807, 2.05) is 0 Å². The van der Waals surface area contributed by atoms with E-state index in [2.05, 4.69) is 4.99 Å². The Labute approximate surface area is 236 Å². The molecule has 1 aliphatic rings. The van der Waals surface area contributed by atoms with E-state index in [0.717, 1.165) is 11.3 Å². The number of rotatable bonds is 7. The normalized spacial score (nSPS) is 15.0. The molecule has 12 heteroatoms. The molecule has 0 N–H and O–H groups in total. The van der Waals surface area contributed by atoms with E-state index < -0.39 is 16.9 Å². The summed E-state index contributed by atoms with van der Waals surface area (Å²) in [4.78, 5) is 42.2. The smallest absolute Gasteiger partial charge is 0.338 e. The molecule has 204 valence electrons. The predicted octanol–water partition coefficient (Wildman–Crippen LogP) is 4.63. The SMILES string of the molecule is CCOC(=O)C1=C(C)N=c2sc(=Cc3ccc(-c4ccc([N+](=O)[O-])cc4Cl)o3)c(=O)n2C1c1ccc(OC)cc1. The summed E-state index contributed by atoms with van der Waals surface area (Å²) in [6.45, 7) is 3.61. The van der Waals surface area contributed by atoms with Gasteiger partial charge >= 0.3 is 5.97 Å². The van der Waals surface area contributed by atoms with Crippen LogP contribution in [0.4, 0.5) is 5.69 Å². The first kappa shape index (κ1) is 27.1. The number of nitro groups is 1. The van der Waals surface area contributed by atoms with Crippen LogP contribution < -0.4 is 19.6 Å². The number of carbonyl (C=O) groups excluding carboxylic acids is 1. The van der Waals surface area contributed by atoms with Gasteiger partial charge in [0.15, 0.2) is 4.80 Å². The third-order valence-corrected chi connectivity index (χ3v) is 7.57. The molecule has 0 saturated carbocycles. The van der Waals surface area contributed by atoms with E-state index >= 15 is 0 Å². The molecule has 4 aromatic rings. The van der Waals surface area contributed by atoms with Gasteiger partial charge in [-0.15, -0.1) is 0 Å². The zero-order valence-electron chi connectivity index (χ0n) is 21.5. The minimum Gasteiger partial charge on any atom is -0.497 e. The second kappa shape index (κ2) is 10.9. The van der Waals surface area contributed by atoms with Gasteiger partial charge in [0.05, 0.1) is 45.5 Å². The number of methoxy groups -OCH3 is 1. The Hall–Kier alpha value is -4.48. The van der Waals surface area contributed by atoms with Gasteiger partial charge in [-0.1, -0.05) is 35.1 Å². The van der Waals surface area contributed by atoms with Crippen LogP contribution in [-0.4, -0.2) is 29.2 Å². The molecule has 0 saturated heterocycles. The molecule has 10 nitrogen and oxygen atoms in total. The zero-order chi connectivity index (χ0) is 28.6. The molecular formula is C28H22ClN3O7S. The number of hydrogen-bond acceptors (Lipinski definition) is 9. The van der Waals surface area contributed by atoms with Crippen LogP contribution in [0.1, 0.15) is 31.2 Å². The number of halogens is 1. The quantitative estimate of drug-likeness (QED) is 0.177. The molecule has 0 spiro atoms. The molecule has 40 heavy (non-hydrogen) atoms. The number of hydrogen-bond donors (Lipinski definition) is 0. The number of carbonyl (C=O) groups is 1. The summed E-state index contributed by atoms with van der Waals surface area (Å²) in [5.74, 6) is 0.846. The maximum Gasteiger partial charge on any atom is 0.338 e. The Balaban J connectivity index is 1.60. The van der Waals surface area contributed by atoms with Gasteiger partial charge in [0.25, 0.3) is 11.2 Å². The molecule has 0 fully saturated rings. The van der Waals surface area contributed by atoms with Crippen LogP contribution in [-0.2, 0) is 9.53 Å². The number of esters is 1. The maximum atomic E-state index is 13.7. The molecule has 0 amide bonds. The van der Waals surface area contributed by atoms with Gasteiger partial charge in [-0.25, -0.2) is 9.79 Å². The fraction of sp³-hybridized carbons (Fsp3) is 0.179. The number of thiazole rings is 1. The summed E-state index contributed by atoms with van der Waals surface area (Å²) in [5, 5.41) is 11.2. The van der Waals surface area contributed by atoms with Crippen molar-refractivity contribution in [2.45, 2.75) is 19.9 Å². The molecule has 0 bridgehead atoms. The summed E-state index contributed by atoms with van der Waals surface area (Å²) in [6.07, 6.45) is 1.58. The van der Waals surface area contributed by atoms with E-state index in [4.69, 9.17) is 25.5 Å². The fourth-order valence-electron chi connectivity index (χ4n) is 4.41. The lowest BCUT2D eigenvalue weighted by Crippen LogP contribution is -2.39. The average Bonchev–Trinajstić information content (AvgIpc) is 3.52. The summed E-state index contributed by atoms with van der Waals surface area (Å²) in [7, 11) is 1.56. The number of benzene rings is 2. The number of non-ortho nitro benzene ring substituents is 1. The number of ether oxygens (including phenoxy) is 2. The average molecular weight is 580 g/mol. The van der Waals surface area contributed by atoms with Gasteiger partial charge in [-0.3, -0.25) is 19.5 Å². The standard InChI is InChI=1S/C28H22ClN3O7S/c1-4-38-27(34)24-15(2)30-28-31(25(24)16-5-8-18(37-3)9-6-16)26(33)23(40-28)14-19-10-12-22(39-19)20-11-7-17(32(35)36)13-21(20)29/h5-14,25H,4H2,1-3H3. The third kappa shape index (κ3) is 4.96. The number of furan rings is 1. The van der Waals surface area contributed by atoms with Crippen LogP contribution in [0.15, 0.2) is 80.1 Å². The first-order chi connectivity index (χ1) is 19.2. The molecule has 1 atom stereocenters. The van der Waals surface area contributed by atoms with Crippen LogP contribution in [0.2, 0.25) is 5.02 Å². The number of nitro benzene ring substituents is 1. The van der Waals surface area contributed by atoms with Crippen molar-refractivity contribution < 1.29 is 23.6 Å². The summed E-state index contributed by atoms with van der Waals surface area (Å²) < 4.78 is 18.3. The maximum absolute atomic E-state index is 13.7. The largest absolute Gasteiger partial charge is 0.497 e. The van der Waals surface area contributed by atoms with Gasteiger partial charge < -0.3 is 13.9 Å². The minimum absolute atomic E-state index is 0.134. The Morgan fingerprint density at radius 1 is 1.23 bits per heavy atom. The Kier molecular flexibility index (Phi) is 7.42. The van der Waals surface area contributed by atoms with Crippen LogP contribution in [0.5, 0.6) is 5.75 Å². The van der Waals surface area contributed by atoms with E-state index in [-0.39, 0.29) is 28.4 Å². The highest BCUT2D eigenvalue weighted by molar-refractivity contribution is 7.07. The van der Waals surface area contributed by atoms with Gasteiger partial charge in [-0.05, 0) is 49.7 Å². The molecule has 2 aromatic heterocycles. The van der Waals surface area contributed by atoms with Crippen molar-refractivity contribution in [3.8, 4) is 17.1 Å². The van der Waals surface area contributed by atoms with Crippen molar-refractivity contribution in [2.24, 2.45) is 4.99 Å². The first-order valence-electron chi connectivity index (χ1n) is 12.1. The van der Waals surface area contributed by atoms with E-state index in [1.165, 1.54) is 22.8 Å². The summed E-state index contributed by atoms with van der Waals surface area (Å²) in [6, 6.07) is 13.8. The van der Waals surface area contributed by atoms with Crippen LogP contribution in [0.3, 0.4) is 0 Å². The van der Waals surface area contributed by atoms with Crippen LogP contribution in [0, 0.1) is 10.1 Å². The van der Waals surface area contributed by atoms with E-state index in [9.17, 15) is 19.7 Å². The van der Waals surface area contributed by atoms with Crippen molar-refractivity contribution in [3.05, 3.63) is 112 Å². The van der Waals surface area contributed by atoms with Crippen molar-refractivity contribution >= 4 is 40.7 Å². The molecule has 1 unspecified atom stereocenters. The van der Waals surface area contributed by atoms with Crippen molar-refractivity contribution in [3.63, 3.8) is 0 Å². The van der Waals surface area contributed by atoms with Gasteiger partial charge in [-0.2, -0.15) is 0 Å². The molecule has 1 aliphatic heterocycles. The van der Waals surface area contributed by atoms with E-state index in [1.54, 1.807) is 63.4 Å². The molecular weight excluding hydrogens is 558 g/mol. The second-order valence-corrected chi connectivity index (χ2v) is 10.1. The zero-order valence-corrected chi connectivity index (χ0v) is 23.1. The Bertz CT molecular complexity index is 1850. The Morgan fingerprint density at radius 3 is 2.62 bits per heavy atom. The molecule has 3 heterocycles. The lowest BCUT2D eigenvalue weighted by Gasteiger charge is -2.24. The summed E-state index contributed by atoms with van der Waals surface area (Å²) in [5.41, 5.74) is 1.41. The number of allylic oxidation sites excluding steroid dienone is 1. The highest BCUT2D eigenvalue weighted by atomic mass is 35.5. The topological polar surface area (TPSA) is 126 Å². The molecule has 0 aliphatic carbocycles. The first-order valence-corrected chi connectivity index (χ1v) is 13.3. The highest BCUT2D eigenvalue weighted by Crippen LogP contribution is 2.33. The molecule has 0 radical (unpaired) electrons. The lowest BCUT2D eigenvalue weighted by atomic mass is 9.96. The highest BCUT2D eigenvalue weighted by Gasteiger charge is 2.33. The predicted molar refractivity (Wildman–Crippen MR) is 149 cm³/mol. The van der Waals surface area contributed by atoms with Crippen molar-refractivity contribution in [1.82, 2.24) is 4.57 Å². The second-order valence-electron chi connectivity index (χ2n) is 8.70. The monoisotopic (exact) mass is 579 g/mol. The molecule has 2 aromatic carbocycles. The van der Waals surface area contributed by atoms with Gasteiger partial charge in [0.1, 0.15) is 17.3 Å². The Morgan fingerprint density at radius 2 is 1.98 bits per heavy atom. The third-order valence-electron chi connectivity index (χ3n) is 6.28. The number of fused-ring (bicyclic) bond motifs is 1. The minimum atomic E-state index is -0.755. The number of nitrogens with zero attached hydrogens (tertiary/aromatic N) is 3. The van der Waals surface area contributed by atoms with Gasteiger partial charge in [0.2, 0.25) is 0 Å². The van der Waals surface area contributed by atoms with Crippen molar-refractivity contribution in [2.75, 3.05) is 13.7 Å². The summed E-state index contributed by atoms with van der Waals surface area (Å²) >= 11 is 7.41. The van der Waals surface area contributed by atoms with Crippen LogP contribution >= 0.6 is 22.9 Å². The molecule has 5 rings (SSSR count). The van der Waals surface area contributed by atoms with Crippen LogP contribution in [0.25, 0.3) is 17.4 Å². The lowest BCUT2D eigenvalue weighted by molar-refractivity contribution is -0.384. The van der Waals surface area contributed by atoms with Crippen molar-refractivity contribution in [1.29, 1.82) is 0 Å². The van der Waals surface area contributed by atoms with E-state index in [0.29, 0.717) is 43.4 Å². The number of aromatic nitrogens is 1.